The van der Waals surface area contributed by atoms with E-state index < -0.39 is 23.5 Å². The molecule has 14 nitrogen and oxygen atoms in total. The van der Waals surface area contributed by atoms with Crippen LogP contribution in [0.5, 0.6) is 0 Å². The highest BCUT2D eigenvalue weighted by Gasteiger charge is 2.39. The number of nitrogens with zero attached hydrogens (tertiary/aromatic N) is 8. The molecular formula is C53H51F6N11O3. The summed E-state index contributed by atoms with van der Waals surface area (Å²) in [5.74, 6) is 1.43. The Bertz CT molecular complexity index is 3060. The van der Waals surface area contributed by atoms with Gasteiger partial charge >= 0.3 is 24.4 Å². The van der Waals surface area contributed by atoms with Gasteiger partial charge in [0.25, 0.3) is 0 Å². The zero-order chi connectivity index (χ0) is 51.3. The number of hydrogen-bond acceptors (Lipinski definition) is 10. The maximum atomic E-state index is 13.9. The number of carbonyl (C=O) groups excluding carboxylic acids is 2. The van der Waals surface area contributed by atoms with Crippen molar-refractivity contribution in [3.8, 4) is 33.8 Å². The maximum Gasteiger partial charge on any atom is 0.416 e. The number of oxazole rings is 1. The number of piperidine rings is 1. The van der Waals surface area contributed by atoms with Gasteiger partial charge in [0.2, 0.25) is 0 Å². The summed E-state index contributed by atoms with van der Waals surface area (Å²) in [6.45, 7) is 3.27. The van der Waals surface area contributed by atoms with E-state index in [1.54, 1.807) is 70.9 Å². The molecule has 7 aromatic rings. The number of aromatic nitrogens is 4. The van der Waals surface area contributed by atoms with Crippen molar-refractivity contribution in [1.29, 1.82) is 0 Å². The number of nitrogens with two attached hydrogens (primary N) is 1. The van der Waals surface area contributed by atoms with E-state index in [-0.39, 0.29) is 18.1 Å². The summed E-state index contributed by atoms with van der Waals surface area (Å²) in [6.07, 6.45) is 2.14. The minimum Gasteiger partial charge on any atom is -0.444 e. The Hall–Kier alpha value is -8.00. The molecule has 3 aromatic carbocycles. The van der Waals surface area contributed by atoms with Crippen LogP contribution in [0.1, 0.15) is 48.8 Å². The van der Waals surface area contributed by atoms with Gasteiger partial charge < -0.3 is 30.6 Å². The fraction of sp³-hybridized carbons (Fsp3) is 0.283. The number of rotatable bonds is 8. The van der Waals surface area contributed by atoms with Crippen LogP contribution in [-0.2, 0) is 18.8 Å². The molecule has 73 heavy (non-hydrogen) atoms. The molecule has 0 spiro atoms. The van der Waals surface area contributed by atoms with Crippen molar-refractivity contribution in [2.24, 2.45) is 5.73 Å². The number of urea groups is 2. The molecule has 4 N–H and O–H groups in total. The number of pyridine rings is 3. The Balaban J connectivity index is 0.000000186. The third-order valence-electron chi connectivity index (χ3n) is 12.9. The van der Waals surface area contributed by atoms with Crippen molar-refractivity contribution in [2.75, 3.05) is 70.0 Å². The predicted molar refractivity (Wildman–Crippen MR) is 269 cm³/mol. The second-order valence-corrected chi connectivity index (χ2v) is 17.9. The molecule has 10 rings (SSSR count). The highest BCUT2D eigenvalue weighted by Crippen LogP contribution is 2.41. The van der Waals surface area contributed by atoms with Crippen molar-refractivity contribution >= 4 is 46.4 Å². The third-order valence-corrected chi connectivity index (χ3v) is 12.9. The molecule has 378 valence electrons. The fourth-order valence-corrected chi connectivity index (χ4v) is 9.25. The highest BCUT2D eigenvalue weighted by atomic mass is 19.4. The van der Waals surface area contributed by atoms with Crippen LogP contribution in [0.25, 0.3) is 33.8 Å². The Morgan fingerprint density at radius 1 is 0.712 bits per heavy atom. The molecule has 0 saturated carbocycles. The van der Waals surface area contributed by atoms with Crippen LogP contribution in [-0.4, -0.2) is 77.8 Å². The number of benzene rings is 3. The first-order chi connectivity index (χ1) is 35.1. The molecule has 1 saturated heterocycles. The van der Waals surface area contributed by atoms with Crippen LogP contribution in [0.2, 0.25) is 0 Å². The Morgan fingerprint density at radius 3 is 2.03 bits per heavy atom. The van der Waals surface area contributed by atoms with E-state index in [1.807, 2.05) is 36.2 Å². The van der Waals surface area contributed by atoms with Gasteiger partial charge in [-0.1, -0.05) is 30.3 Å². The van der Waals surface area contributed by atoms with Crippen molar-refractivity contribution in [3.05, 3.63) is 145 Å². The first-order valence-corrected chi connectivity index (χ1v) is 23.8. The van der Waals surface area contributed by atoms with Gasteiger partial charge in [-0.05, 0) is 123 Å². The molecule has 20 heteroatoms. The first kappa shape index (κ1) is 50.0. The van der Waals surface area contributed by atoms with Gasteiger partial charge in [0.05, 0.1) is 46.1 Å². The summed E-state index contributed by atoms with van der Waals surface area (Å²) in [6, 6.07) is 25.3. The summed E-state index contributed by atoms with van der Waals surface area (Å²) in [4.78, 5) is 51.8. The summed E-state index contributed by atoms with van der Waals surface area (Å²) < 4.78 is 85.3. The standard InChI is InChI=1S/C30H29F3N6O2.C23H22F3N5O/c31-30(32,33)21-6-1-4-20(14-21)25-10-11-26-28(37-25)39(23-7-3-13-38(26)17-23)29(40)36-22-9-8-19(5-2-12-34)24(15-22)27-16-35-18-41-27;1-30-13-2-3-14-31(22(32)28-18-9-11-27-12-10-18)21-20(30)8-7-19(29-21)16-5-4-6-17(15-16)23(24,25)26/h1,4,6,8-11,14-16,18,23H,2-3,5,7,12-13,17,34H2,(H,36,40);4-12,15H,2-3,13-14H2,1H3,(H,27,28,32)/t23-;/m0./s1. The van der Waals surface area contributed by atoms with Gasteiger partial charge in [-0.15, -0.1) is 0 Å². The lowest BCUT2D eigenvalue weighted by Gasteiger charge is -2.45. The molecule has 3 aliphatic heterocycles. The summed E-state index contributed by atoms with van der Waals surface area (Å²) in [5.41, 5.74) is 10.2. The van der Waals surface area contributed by atoms with Crippen LogP contribution in [0.3, 0.4) is 0 Å². The third kappa shape index (κ3) is 11.4. The van der Waals surface area contributed by atoms with Crippen LogP contribution < -0.4 is 36.0 Å². The second kappa shape index (κ2) is 21.4. The number of hydrogen-bond donors (Lipinski definition) is 3. The molecule has 1 atom stereocenters. The smallest absolute Gasteiger partial charge is 0.416 e. The molecule has 4 aromatic heterocycles. The van der Waals surface area contributed by atoms with Crippen molar-refractivity contribution in [3.63, 3.8) is 0 Å². The van der Waals surface area contributed by atoms with E-state index in [2.05, 4.69) is 30.5 Å². The molecule has 4 amide bonds. The van der Waals surface area contributed by atoms with E-state index in [1.165, 1.54) is 18.5 Å². The number of anilines is 6. The highest BCUT2D eigenvalue weighted by molar-refractivity contribution is 6.05. The number of halogens is 6. The topological polar surface area (TPSA) is 162 Å². The van der Waals surface area contributed by atoms with E-state index in [4.69, 9.17) is 15.1 Å². The average molecular weight is 1000 g/mol. The fourth-order valence-electron chi connectivity index (χ4n) is 9.25. The molecule has 2 bridgehead atoms. The lowest BCUT2D eigenvalue weighted by molar-refractivity contribution is -0.138. The SMILES string of the molecule is CN1CCCCN(C(=O)Nc2ccncc2)c2nc(-c3cccc(C(F)(F)F)c3)ccc21.NCCCc1ccc(NC(=O)N2c3nc(-c4cccc(C(F)(F)F)c4)ccc3N3CCC[C@H]2C3)cc1-c1cnco1. The van der Waals surface area contributed by atoms with Crippen molar-refractivity contribution in [2.45, 2.75) is 56.9 Å². The zero-order valence-electron chi connectivity index (χ0n) is 39.6. The van der Waals surface area contributed by atoms with E-state index in [9.17, 15) is 35.9 Å². The van der Waals surface area contributed by atoms with Gasteiger partial charge in [0, 0.05) is 73.7 Å². The number of amides is 4. The Labute approximate surface area is 416 Å². The molecule has 0 aliphatic carbocycles. The average Bonchev–Trinajstić information content (AvgIpc) is 3.93. The largest absolute Gasteiger partial charge is 0.444 e. The van der Waals surface area contributed by atoms with E-state index in [0.29, 0.717) is 70.9 Å². The molecule has 1 fully saturated rings. The monoisotopic (exact) mass is 1000 g/mol. The quantitative estimate of drug-likeness (QED) is 0.125. The van der Waals surface area contributed by atoms with E-state index in [0.717, 1.165) is 98.4 Å². The number of aryl methyl sites for hydroxylation is 1. The second-order valence-electron chi connectivity index (χ2n) is 17.9. The van der Waals surface area contributed by atoms with E-state index >= 15 is 0 Å². The number of alkyl halides is 6. The van der Waals surface area contributed by atoms with Crippen LogP contribution >= 0.6 is 0 Å². The van der Waals surface area contributed by atoms with Crippen LogP contribution in [0.15, 0.2) is 133 Å². The molecule has 0 radical (unpaired) electrons. The van der Waals surface area contributed by atoms with Gasteiger partial charge in [-0.25, -0.2) is 24.5 Å². The maximum absolute atomic E-state index is 13.9. The van der Waals surface area contributed by atoms with Gasteiger partial charge in [0.15, 0.2) is 23.8 Å². The predicted octanol–water partition coefficient (Wildman–Crippen LogP) is 11.8. The number of fused-ring (bicyclic) bond motifs is 5. The Morgan fingerprint density at radius 2 is 1.37 bits per heavy atom. The van der Waals surface area contributed by atoms with Crippen molar-refractivity contribution < 1.29 is 40.3 Å². The lowest BCUT2D eigenvalue weighted by Crippen LogP contribution is -2.56. The zero-order valence-corrected chi connectivity index (χ0v) is 39.6. The molecular weight excluding hydrogens is 953 g/mol. The summed E-state index contributed by atoms with van der Waals surface area (Å²) in [7, 11) is 1.91. The molecule has 3 aliphatic rings. The lowest BCUT2D eigenvalue weighted by atomic mass is 9.99. The normalized spacial score (nSPS) is 15.5. The Kier molecular flexibility index (Phi) is 14.6. The van der Waals surface area contributed by atoms with Gasteiger partial charge in [-0.2, -0.15) is 26.3 Å². The summed E-state index contributed by atoms with van der Waals surface area (Å²) in [5, 5.41) is 5.87. The van der Waals surface area contributed by atoms with Crippen LogP contribution in [0.4, 0.5) is 70.3 Å². The minimum absolute atomic E-state index is 0.127. The molecule has 0 unspecified atom stereocenters. The minimum atomic E-state index is -4.47. The number of carbonyl (C=O) groups is 2. The van der Waals surface area contributed by atoms with Gasteiger partial charge in [-0.3, -0.25) is 14.8 Å². The molecule has 7 heterocycles. The number of nitrogens with one attached hydrogen (secondary N) is 2. The first-order valence-electron chi connectivity index (χ1n) is 23.8. The van der Waals surface area contributed by atoms with Gasteiger partial charge in [0.1, 0.15) is 0 Å². The summed E-state index contributed by atoms with van der Waals surface area (Å²) >= 11 is 0. The van der Waals surface area contributed by atoms with Crippen molar-refractivity contribution in [1.82, 2.24) is 19.9 Å². The van der Waals surface area contributed by atoms with Crippen LogP contribution in [0, 0.1) is 0 Å².